The molecule has 2 heterocycles. The number of carbonyl (C=O) groups is 1. The molecular weight excluding hydrogens is 362 g/mol. The third kappa shape index (κ3) is 3.78. The van der Waals surface area contributed by atoms with Crippen LogP contribution >= 0.6 is 11.3 Å². The van der Waals surface area contributed by atoms with Crippen LogP contribution in [0.2, 0.25) is 0 Å². The second kappa shape index (κ2) is 8.63. The van der Waals surface area contributed by atoms with E-state index in [2.05, 4.69) is 15.7 Å². The highest BCUT2D eigenvalue weighted by Crippen LogP contribution is 2.39. The lowest BCUT2D eigenvalue weighted by atomic mass is 10.1. The first-order chi connectivity index (χ1) is 12.5. The summed E-state index contributed by atoms with van der Waals surface area (Å²) in [6, 6.07) is 5.97. The number of fused-ring (bicyclic) bond motifs is 1. The molecule has 0 radical (unpaired) electrons. The van der Waals surface area contributed by atoms with Crippen LogP contribution in [0.25, 0.3) is 21.5 Å². The fourth-order valence-electron chi connectivity index (χ4n) is 2.33. The van der Waals surface area contributed by atoms with Crippen LogP contribution in [0.5, 0.6) is 6.01 Å². The van der Waals surface area contributed by atoms with Crippen LogP contribution in [0.15, 0.2) is 24.3 Å². The Morgan fingerprint density at radius 3 is 2.65 bits per heavy atom. The fraction of sp³-hybridized carbons (Fsp3) is 0.235. The van der Waals surface area contributed by atoms with Crippen LogP contribution < -0.4 is 16.2 Å². The number of nitrogens with zero attached hydrogens (tertiary/aromatic N) is 2. The summed E-state index contributed by atoms with van der Waals surface area (Å²) >= 11 is 1.11. The average Bonchev–Trinajstić information content (AvgIpc) is 2.99. The molecule has 138 valence electrons. The molecule has 6 nitrogen and oxygen atoms in total. The van der Waals surface area contributed by atoms with E-state index < -0.39 is 6.43 Å². The number of aldehydes is 1. The Labute approximate surface area is 152 Å². The molecule has 9 heteroatoms. The van der Waals surface area contributed by atoms with Gasteiger partial charge in [-0.05, 0) is 20.0 Å². The number of carbonyl (C=O) groups excluding carboxylic acids is 1. The van der Waals surface area contributed by atoms with Crippen LogP contribution in [-0.2, 0) is 0 Å². The summed E-state index contributed by atoms with van der Waals surface area (Å²) in [4.78, 5) is 20.5. The topological polar surface area (TPSA) is 104 Å². The number of nitrogens with two attached hydrogens (primary N) is 2. The van der Waals surface area contributed by atoms with Crippen LogP contribution in [-0.4, -0.2) is 29.9 Å². The molecular formula is C17H18F2N4O2S. The van der Waals surface area contributed by atoms with Gasteiger partial charge in [0.1, 0.15) is 4.83 Å². The van der Waals surface area contributed by atoms with Gasteiger partial charge in [-0.2, -0.15) is 9.97 Å². The number of thiophene rings is 1. The van der Waals surface area contributed by atoms with Crippen molar-refractivity contribution in [2.75, 3.05) is 19.4 Å². The molecule has 0 aliphatic rings. The van der Waals surface area contributed by atoms with E-state index in [1.54, 1.807) is 13.0 Å². The molecule has 3 aromatic rings. The van der Waals surface area contributed by atoms with Crippen LogP contribution in [0, 0.1) is 0 Å². The summed E-state index contributed by atoms with van der Waals surface area (Å²) in [6.07, 6.45) is -1.96. The van der Waals surface area contributed by atoms with Gasteiger partial charge in [-0.15, -0.1) is 11.3 Å². The van der Waals surface area contributed by atoms with Crippen molar-refractivity contribution in [1.82, 2.24) is 9.97 Å². The molecule has 0 spiro atoms. The van der Waals surface area contributed by atoms with E-state index in [-0.39, 0.29) is 17.3 Å². The zero-order valence-electron chi connectivity index (χ0n) is 14.2. The van der Waals surface area contributed by atoms with E-state index in [4.69, 9.17) is 10.5 Å². The van der Waals surface area contributed by atoms with E-state index in [0.717, 1.165) is 11.3 Å². The number of hydrogen-bond donors (Lipinski definition) is 2. The smallest absolute Gasteiger partial charge is 0.318 e. The summed E-state index contributed by atoms with van der Waals surface area (Å²) in [5.74, 6) is 0. The van der Waals surface area contributed by atoms with Crippen molar-refractivity contribution in [3.8, 4) is 17.3 Å². The number of hydrogen-bond acceptors (Lipinski definition) is 7. The number of aromatic nitrogens is 2. The maximum atomic E-state index is 13.0. The Morgan fingerprint density at radius 2 is 2.04 bits per heavy atom. The Balaban J connectivity index is 0.00000117. The zero-order chi connectivity index (χ0) is 19.3. The Bertz CT molecular complexity index is 915. The predicted molar refractivity (Wildman–Crippen MR) is 98.9 cm³/mol. The van der Waals surface area contributed by atoms with Crippen molar-refractivity contribution in [3.05, 3.63) is 34.7 Å². The van der Waals surface area contributed by atoms with Gasteiger partial charge in [-0.3, -0.25) is 4.79 Å². The molecule has 3 rings (SSSR count). The lowest BCUT2D eigenvalue weighted by Crippen LogP contribution is -2.00. The van der Waals surface area contributed by atoms with E-state index >= 15 is 0 Å². The fourth-order valence-corrected chi connectivity index (χ4v) is 3.23. The molecule has 0 saturated carbocycles. The van der Waals surface area contributed by atoms with Crippen molar-refractivity contribution in [3.63, 3.8) is 0 Å². The highest BCUT2D eigenvalue weighted by molar-refractivity contribution is 7.21. The van der Waals surface area contributed by atoms with Crippen LogP contribution in [0.3, 0.4) is 0 Å². The largest absolute Gasteiger partial charge is 0.464 e. The van der Waals surface area contributed by atoms with Gasteiger partial charge in [-0.1, -0.05) is 18.2 Å². The van der Waals surface area contributed by atoms with E-state index in [9.17, 15) is 13.6 Å². The zero-order valence-corrected chi connectivity index (χ0v) is 15.0. The summed E-state index contributed by atoms with van der Waals surface area (Å²) in [5, 5.41) is 0.469. The van der Waals surface area contributed by atoms with Gasteiger partial charge in [0.05, 0.1) is 28.3 Å². The van der Waals surface area contributed by atoms with Crippen molar-refractivity contribution >= 4 is 33.5 Å². The maximum absolute atomic E-state index is 13.0. The standard InChI is InChI=1S/C16H13F2N3O2S.CH5N/c1-2-23-16-20-13(8-4-3-5-9(6-8)14(17)18)11-12(19)10(7-22)24-15(11)21-16;1-2/h3-7,14H,2,19H2,1H3;2H2,1H3. The molecule has 0 bridgehead atoms. The third-order valence-corrected chi connectivity index (χ3v) is 4.41. The molecule has 0 saturated heterocycles. The van der Waals surface area contributed by atoms with Crippen LogP contribution in [0.4, 0.5) is 14.5 Å². The second-order valence-corrected chi connectivity index (χ2v) is 5.92. The lowest BCUT2D eigenvalue weighted by molar-refractivity contribution is 0.112. The normalized spacial score (nSPS) is 10.5. The van der Waals surface area contributed by atoms with Crippen LogP contribution in [0.1, 0.15) is 28.6 Å². The molecule has 0 atom stereocenters. The number of benzene rings is 1. The second-order valence-electron chi connectivity index (χ2n) is 4.89. The monoisotopic (exact) mass is 380 g/mol. The van der Waals surface area contributed by atoms with Gasteiger partial charge in [0.2, 0.25) is 0 Å². The molecule has 26 heavy (non-hydrogen) atoms. The van der Waals surface area contributed by atoms with Crippen molar-refractivity contribution in [1.29, 1.82) is 0 Å². The van der Waals surface area contributed by atoms with Crippen molar-refractivity contribution in [2.24, 2.45) is 5.73 Å². The van der Waals surface area contributed by atoms with Crippen molar-refractivity contribution < 1.29 is 18.3 Å². The van der Waals surface area contributed by atoms with Gasteiger partial charge in [0.25, 0.3) is 6.43 Å². The van der Waals surface area contributed by atoms with Gasteiger partial charge in [0, 0.05) is 11.1 Å². The summed E-state index contributed by atoms with van der Waals surface area (Å²) in [5.41, 5.74) is 11.5. The number of ether oxygens (including phenoxy) is 1. The number of anilines is 1. The Hall–Kier alpha value is -2.65. The quantitative estimate of drug-likeness (QED) is 0.655. The summed E-state index contributed by atoms with van der Waals surface area (Å²) < 4.78 is 31.3. The minimum absolute atomic E-state index is 0.112. The molecule has 0 aliphatic carbocycles. The van der Waals surface area contributed by atoms with Crippen molar-refractivity contribution in [2.45, 2.75) is 13.3 Å². The molecule has 0 fully saturated rings. The average molecular weight is 380 g/mol. The number of nitrogen functional groups attached to an aromatic ring is 1. The molecule has 0 amide bonds. The summed E-state index contributed by atoms with van der Waals surface area (Å²) in [7, 11) is 1.50. The molecule has 0 unspecified atom stereocenters. The van der Waals surface area contributed by atoms with E-state index in [0.29, 0.717) is 39.2 Å². The first-order valence-corrected chi connectivity index (χ1v) is 8.51. The first-order valence-electron chi connectivity index (χ1n) is 7.69. The first kappa shape index (κ1) is 19.7. The Kier molecular flexibility index (Phi) is 6.53. The Morgan fingerprint density at radius 1 is 1.31 bits per heavy atom. The number of rotatable bonds is 5. The van der Waals surface area contributed by atoms with Gasteiger partial charge < -0.3 is 16.2 Å². The highest BCUT2D eigenvalue weighted by Gasteiger charge is 2.19. The molecule has 0 aliphatic heterocycles. The van der Waals surface area contributed by atoms with E-state index in [1.807, 2.05) is 0 Å². The third-order valence-electron chi connectivity index (χ3n) is 3.39. The van der Waals surface area contributed by atoms with E-state index in [1.165, 1.54) is 25.2 Å². The predicted octanol–water partition coefficient (Wildman–Crippen LogP) is 3.66. The highest BCUT2D eigenvalue weighted by atomic mass is 32.1. The SMILES string of the molecule is CCOc1nc(-c2cccc(C(F)F)c2)c2c(N)c(C=O)sc2n1.CN. The molecule has 1 aromatic carbocycles. The minimum Gasteiger partial charge on any atom is -0.464 e. The lowest BCUT2D eigenvalue weighted by Gasteiger charge is -2.08. The van der Waals surface area contributed by atoms with Gasteiger partial charge in [-0.25, -0.2) is 8.78 Å². The maximum Gasteiger partial charge on any atom is 0.318 e. The van der Waals surface area contributed by atoms with Gasteiger partial charge >= 0.3 is 6.01 Å². The molecule has 4 N–H and O–H groups in total. The number of alkyl halides is 2. The van der Waals surface area contributed by atoms with Gasteiger partial charge in [0.15, 0.2) is 6.29 Å². The molecule has 2 aromatic heterocycles. The minimum atomic E-state index is -2.60. The summed E-state index contributed by atoms with van der Waals surface area (Å²) in [6.45, 7) is 2.13. The number of halogens is 2.